The highest BCUT2D eigenvalue weighted by molar-refractivity contribution is 6.31. The SMILES string of the molecule is Cc1ccc(C2c3cccn3-c3ccccc3CN2C(=O)Nc2ccc(C)c(Cl)c2)cc1. The summed E-state index contributed by atoms with van der Waals surface area (Å²) in [7, 11) is 0. The lowest BCUT2D eigenvalue weighted by Gasteiger charge is -2.31. The van der Waals surface area contributed by atoms with Crippen molar-refractivity contribution in [3.63, 3.8) is 0 Å². The number of hydrogen-bond acceptors (Lipinski definition) is 1. The number of halogens is 1. The van der Waals surface area contributed by atoms with Gasteiger partial charge < -0.3 is 14.8 Å². The van der Waals surface area contributed by atoms with Crippen molar-refractivity contribution in [1.82, 2.24) is 9.47 Å². The Bertz CT molecular complexity index is 1290. The Hall–Kier alpha value is -3.50. The van der Waals surface area contributed by atoms with Gasteiger partial charge in [-0.15, -0.1) is 0 Å². The Labute approximate surface area is 193 Å². The van der Waals surface area contributed by atoms with Gasteiger partial charge in [-0.05, 0) is 60.9 Å². The molecule has 2 amide bonds. The van der Waals surface area contributed by atoms with Gasteiger partial charge in [0.25, 0.3) is 0 Å². The van der Waals surface area contributed by atoms with Gasteiger partial charge in [0.2, 0.25) is 0 Å². The van der Waals surface area contributed by atoms with Crippen LogP contribution in [0.25, 0.3) is 5.69 Å². The summed E-state index contributed by atoms with van der Waals surface area (Å²) in [5.41, 5.74) is 7.16. The maximum Gasteiger partial charge on any atom is 0.322 e. The summed E-state index contributed by atoms with van der Waals surface area (Å²) >= 11 is 6.30. The number of carbonyl (C=O) groups is 1. The Morgan fingerprint density at radius 3 is 2.53 bits per heavy atom. The van der Waals surface area contributed by atoms with Crippen molar-refractivity contribution in [2.75, 3.05) is 5.32 Å². The van der Waals surface area contributed by atoms with E-state index in [2.05, 4.69) is 65.5 Å². The van der Waals surface area contributed by atoms with E-state index in [1.165, 1.54) is 5.56 Å². The molecule has 1 N–H and O–H groups in total. The Balaban J connectivity index is 1.61. The standard InChI is InChI=1S/C27H24ClN3O/c1-18-9-12-20(13-10-18)26-25-8-5-15-30(25)24-7-4-3-6-21(24)17-31(26)27(32)29-22-14-11-19(2)23(28)16-22/h3-16,26H,17H2,1-2H3,(H,29,32). The van der Waals surface area contributed by atoms with E-state index in [0.717, 1.165) is 28.1 Å². The zero-order chi connectivity index (χ0) is 22.2. The van der Waals surface area contributed by atoms with E-state index in [0.29, 0.717) is 17.3 Å². The number of urea groups is 1. The van der Waals surface area contributed by atoms with Crippen LogP contribution in [0.1, 0.15) is 34.0 Å². The summed E-state index contributed by atoms with van der Waals surface area (Å²) in [6, 6.07) is 26.0. The van der Waals surface area contributed by atoms with Crippen molar-refractivity contribution in [1.29, 1.82) is 0 Å². The maximum absolute atomic E-state index is 13.7. The molecule has 0 aliphatic carbocycles. The van der Waals surface area contributed by atoms with Gasteiger partial charge in [-0.25, -0.2) is 4.79 Å². The van der Waals surface area contributed by atoms with Gasteiger partial charge in [-0.1, -0.05) is 65.7 Å². The normalized spacial score (nSPS) is 15.0. The molecule has 1 aliphatic heterocycles. The van der Waals surface area contributed by atoms with Crippen LogP contribution in [-0.2, 0) is 6.54 Å². The van der Waals surface area contributed by atoms with E-state index in [-0.39, 0.29) is 12.1 Å². The molecule has 0 saturated carbocycles. The Morgan fingerprint density at radius 1 is 0.969 bits per heavy atom. The summed E-state index contributed by atoms with van der Waals surface area (Å²) in [4.78, 5) is 15.6. The lowest BCUT2D eigenvalue weighted by atomic mass is 10.0. The predicted octanol–water partition coefficient (Wildman–Crippen LogP) is 6.88. The minimum atomic E-state index is -0.237. The smallest absolute Gasteiger partial charge is 0.318 e. The second kappa shape index (κ2) is 8.21. The number of aromatic nitrogens is 1. The number of benzene rings is 3. The molecule has 0 saturated heterocycles. The first-order chi connectivity index (χ1) is 15.5. The fourth-order valence-corrected chi connectivity index (χ4v) is 4.49. The minimum absolute atomic E-state index is 0.167. The number of nitrogens with one attached hydrogen (secondary N) is 1. The van der Waals surface area contributed by atoms with E-state index < -0.39 is 0 Å². The molecule has 32 heavy (non-hydrogen) atoms. The van der Waals surface area contributed by atoms with E-state index in [4.69, 9.17) is 11.6 Å². The summed E-state index contributed by atoms with van der Waals surface area (Å²) in [6.45, 7) is 4.50. The number of hydrogen-bond donors (Lipinski definition) is 1. The number of para-hydroxylation sites is 1. The molecular weight excluding hydrogens is 418 g/mol. The van der Waals surface area contributed by atoms with Gasteiger partial charge >= 0.3 is 6.03 Å². The molecule has 5 rings (SSSR count). The molecule has 0 radical (unpaired) electrons. The van der Waals surface area contributed by atoms with E-state index in [1.807, 2.05) is 42.2 Å². The summed E-state index contributed by atoms with van der Waals surface area (Å²) in [5, 5.41) is 3.70. The predicted molar refractivity (Wildman–Crippen MR) is 130 cm³/mol. The number of nitrogens with zero attached hydrogens (tertiary/aromatic N) is 2. The van der Waals surface area contributed by atoms with Crippen molar-refractivity contribution in [3.8, 4) is 5.69 Å². The molecule has 5 heteroatoms. The minimum Gasteiger partial charge on any atom is -0.318 e. The fraction of sp³-hybridized carbons (Fsp3) is 0.148. The molecule has 160 valence electrons. The van der Waals surface area contributed by atoms with Crippen LogP contribution in [-0.4, -0.2) is 15.5 Å². The van der Waals surface area contributed by atoms with Gasteiger partial charge in [-0.3, -0.25) is 0 Å². The molecule has 1 atom stereocenters. The molecule has 2 heterocycles. The molecule has 4 aromatic rings. The first kappa shape index (κ1) is 20.4. The van der Waals surface area contributed by atoms with E-state index in [9.17, 15) is 4.79 Å². The van der Waals surface area contributed by atoms with Gasteiger partial charge in [-0.2, -0.15) is 0 Å². The number of rotatable bonds is 2. The molecule has 0 fully saturated rings. The van der Waals surface area contributed by atoms with Crippen molar-refractivity contribution in [3.05, 3.63) is 118 Å². The summed E-state index contributed by atoms with van der Waals surface area (Å²) in [6.07, 6.45) is 2.07. The second-order valence-corrected chi connectivity index (χ2v) is 8.67. The highest BCUT2D eigenvalue weighted by Crippen LogP contribution is 2.37. The van der Waals surface area contributed by atoms with Crippen LogP contribution in [0.3, 0.4) is 0 Å². The largest absolute Gasteiger partial charge is 0.322 e. The van der Waals surface area contributed by atoms with Crippen molar-refractivity contribution < 1.29 is 4.79 Å². The van der Waals surface area contributed by atoms with Crippen LogP contribution in [0, 0.1) is 13.8 Å². The Morgan fingerprint density at radius 2 is 1.75 bits per heavy atom. The zero-order valence-electron chi connectivity index (χ0n) is 18.0. The summed E-state index contributed by atoms with van der Waals surface area (Å²) < 4.78 is 2.19. The number of carbonyl (C=O) groups excluding carboxylic acids is 1. The third-order valence-electron chi connectivity index (χ3n) is 6.04. The van der Waals surface area contributed by atoms with Crippen molar-refractivity contribution in [2.45, 2.75) is 26.4 Å². The third-order valence-corrected chi connectivity index (χ3v) is 6.45. The van der Waals surface area contributed by atoms with Gasteiger partial charge in [0.1, 0.15) is 0 Å². The number of aryl methyl sites for hydroxylation is 2. The van der Waals surface area contributed by atoms with Crippen molar-refractivity contribution >= 4 is 23.3 Å². The quantitative estimate of drug-likeness (QED) is 0.361. The van der Waals surface area contributed by atoms with E-state index in [1.54, 1.807) is 6.07 Å². The van der Waals surface area contributed by atoms with Crippen LogP contribution in [0.4, 0.5) is 10.5 Å². The molecular formula is C27H24ClN3O. The number of amides is 2. The Kier molecular flexibility index (Phi) is 5.24. The van der Waals surface area contributed by atoms with Crippen LogP contribution < -0.4 is 5.32 Å². The molecule has 1 unspecified atom stereocenters. The first-order valence-electron chi connectivity index (χ1n) is 10.7. The zero-order valence-corrected chi connectivity index (χ0v) is 18.8. The molecule has 1 aromatic heterocycles. The van der Waals surface area contributed by atoms with Crippen LogP contribution in [0.2, 0.25) is 5.02 Å². The molecule has 4 nitrogen and oxygen atoms in total. The number of anilines is 1. The highest BCUT2D eigenvalue weighted by atomic mass is 35.5. The second-order valence-electron chi connectivity index (χ2n) is 8.27. The van der Waals surface area contributed by atoms with Crippen molar-refractivity contribution in [2.24, 2.45) is 0 Å². The molecule has 1 aliphatic rings. The summed E-state index contributed by atoms with van der Waals surface area (Å²) in [5.74, 6) is 0. The topological polar surface area (TPSA) is 37.3 Å². The highest BCUT2D eigenvalue weighted by Gasteiger charge is 2.33. The third kappa shape index (κ3) is 3.67. The van der Waals surface area contributed by atoms with Gasteiger partial charge in [0, 0.05) is 22.6 Å². The van der Waals surface area contributed by atoms with Gasteiger partial charge in [0.05, 0.1) is 18.3 Å². The maximum atomic E-state index is 13.7. The monoisotopic (exact) mass is 441 g/mol. The average Bonchev–Trinajstić information content (AvgIpc) is 3.21. The van der Waals surface area contributed by atoms with Crippen LogP contribution in [0.15, 0.2) is 85.1 Å². The number of fused-ring (bicyclic) bond motifs is 3. The molecule has 3 aromatic carbocycles. The lowest BCUT2D eigenvalue weighted by Crippen LogP contribution is -2.37. The average molecular weight is 442 g/mol. The lowest BCUT2D eigenvalue weighted by molar-refractivity contribution is 0.194. The fourth-order valence-electron chi connectivity index (χ4n) is 4.30. The van der Waals surface area contributed by atoms with Crippen LogP contribution >= 0.6 is 11.6 Å². The van der Waals surface area contributed by atoms with Gasteiger partial charge in [0.15, 0.2) is 0 Å². The first-order valence-corrected chi connectivity index (χ1v) is 11.0. The molecule has 0 bridgehead atoms. The van der Waals surface area contributed by atoms with E-state index >= 15 is 0 Å². The van der Waals surface area contributed by atoms with Crippen LogP contribution in [0.5, 0.6) is 0 Å². The molecule has 0 spiro atoms.